The van der Waals surface area contributed by atoms with Crippen LogP contribution in [0.2, 0.25) is 19.6 Å². The van der Waals surface area contributed by atoms with Crippen molar-refractivity contribution in [3.8, 4) is 0 Å². The highest BCUT2D eigenvalue weighted by Gasteiger charge is 2.11. The van der Waals surface area contributed by atoms with Crippen molar-refractivity contribution in [3.63, 3.8) is 0 Å². The molecular formula is C11H25NSSi. The molecule has 0 aliphatic heterocycles. The smallest absolute Gasteiger partial charge is 0.108 e. The molecule has 0 aromatic heterocycles. The predicted octanol–water partition coefficient (Wildman–Crippen LogP) is 4.21. The lowest BCUT2D eigenvalue weighted by atomic mass is 10.3. The summed E-state index contributed by atoms with van der Waals surface area (Å²) in [6.45, 7) is 10.5. The second-order valence-electron chi connectivity index (χ2n) is 4.55. The zero-order chi connectivity index (χ0) is 10.9. The van der Waals surface area contributed by atoms with E-state index in [-0.39, 0.29) is 0 Å². The summed E-state index contributed by atoms with van der Waals surface area (Å²) < 4.78 is 0. The summed E-state index contributed by atoms with van der Waals surface area (Å²) in [5.74, 6) is 1.29. The predicted molar refractivity (Wildman–Crippen MR) is 73.3 cm³/mol. The molecule has 84 valence electrons. The molecule has 0 aliphatic carbocycles. The molecule has 3 heteroatoms. The Morgan fingerprint density at radius 1 is 1.21 bits per heavy atom. The van der Waals surface area contributed by atoms with Crippen molar-refractivity contribution >= 4 is 24.6 Å². The van der Waals surface area contributed by atoms with Crippen molar-refractivity contribution in [2.24, 2.45) is 4.99 Å². The first-order valence-electron chi connectivity index (χ1n) is 5.68. The van der Waals surface area contributed by atoms with Crippen molar-refractivity contribution < 1.29 is 0 Å². The molecule has 0 bridgehead atoms. The van der Waals surface area contributed by atoms with E-state index in [4.69, 9.17) is 0 Å². The van der Waals surface area contributed by atoms with Gasteiger partial charge >= 0.3 is 0 Å². The number of hydrogen-bond acceptors (Lipinski definition) is 2. The Hall–Kier alpha value is 0.237. The van der Waals surface area contributed by atoms with Crippen LogP contribution in [0.1, 0.15) is 32.6 Å². The Kier molecular flexibility index (Phi) is 8.68. The fraction of sp³-hybridized carbons (Fsp3) is 0.909. The SMILES string of the molecule is CCCC/C=N/CCCS[Si](C)(C)C. The van der Waals surface area contributed by atoms with Crippen LogP contribution in [0.15, 0.2) is 4.99 Å². The third-order valence-electron chi connectivity index (χ3n) is 1.78. The van der Waals surface area contributed by atoms with Crippen molar-refractivity contribution in [1.29, 1.82) is 0 Å². The average molecular weight is 231 g/mol. The Balaban J connectivity index is 3.17. The van der Waals surface area contributed by atoms with Gasteiger partial charge in [0.2, 0.25) is 0 Å². The molecule has 0 rings (SSSR count). The number of rotatable bonds is 8. The molecule has 0 fully saturated rings. The second-order valence-corrected chi connectivity index (χ2v) is 14.0. The summed E-state index contributed by atoms with van der Waals surface area (Å²) >= 11 is 2.17. The van der Waals surface area contributed by atoms with Gasteiger partial charge < -0.3 is 0 Å². The minimum Gasteiger partial charge on any atom is -0.298 e. The van der Waals surface area contributed by atoms with Crippen LogP contribution in [0.3, 0.4) is 0 Å². The zero-order valence-corrected chi connectivity index (χ0v) is 12.0. The lowest BCUT2D eigenvalue weighted by molar-refractivity contribution is 0.836. The highest BCUT2D eigenvalue weighted by molar-refractivity contribution is 8.28. The molecular weight excluding hydrogens is 206 g/mol. The van der Waals surface area contributed by atoms with Crippen LogP contribution in [0, 0.1) is 0 Å². The Bertz CT molecular complexity index is 152. The van der Waals surface area contributed by atoms with E-state index >= 15 is 0 Å². The minimum absolute atomic E-state index is 0.874. The van der Waals surface area contributed by atoms with Gasteiger partial charge in [0.15, 0.2) is 0 Å². The molecule has 14 heavy (non-hydrogen) atoms. The minimum atomic E-state index is -0.874. The highest BCUT2D eigenvalue weighted by atomic mass is 32.4. The maximum absolute atomic E-state index is 4.41. The maximum Gasteiger partial charge on any atom is 0.108 e. The van der Waals surface area contributed by atoms with E-state index < -0.39 is 7.22 Å². The molecule has 0 heterocycles. The van der Waals surface area contributed by atoms with Gasteiger partial charge in [0, 0.05) is 6.54 Å². The van der Waals surface area contributed by atoms with E-state index in [1.165, 1.54) is 25.0 Å². The van der Waals surface area contributed by atoms with E-state index in [0.717, 1.165) is 13.0 Å². The van der Waals surface area contributed by atoms with Gasteiger partial charge in [-0.15, -0.1) is 0 Å². The summed E-state index contributed by atoms with van der Waals surface area (Å²) in [5, 5.41) is 0. The topological polar surface area (TPSA) is 12.4 Å². The lowest BCUT2D eigenvalue weighted by Crippen LogP contribution is -2.14. The van der Waals surface area contributed by atoms with Crippen molar-refractivity contribution in [2.45, 2.75) is 52.2 Å². The summed E-state index contributed by atoms with van der Waals surface area (Å²) in [5.41, 5.74) is 0. The summed E-state index contributed by atoms with van der Waals surface area (Å²) in [7, 11) is -0.874. The highest BCUT2D eigenvalue weighted by Crippen LogP contribution is 2.19. The van der Waals surface area contributed by atoms with Gasteiger partial charge in [-0.1, -0.05) is 33.0 Å². The fourth-order valence-corrected chi connectivity index (χ4v) is 4.17. The Labute approximate surface area is 94.4 Å². The summed E-state index contributed by atoms with van der Waals surface area (Å²) in [4.78, 5) is 4.41. The monoisotopic (exact) mass is 231 g/mol. The largest absolute Gasteiger partial charge is 0.298 e. The second kappa shape index (κ2) is 8.54. The Morgan fingerprint density at radius 3 is 2.50 bits per heavy atom. The third kappa shape index (κ3) is 12.2. The quantitative estimate of drug-likeness (QED) is 0.346. The van der Waals surface area contributed by atoms with Gasteiger partial charge in [0.25, 0.3) is 0 Å². The molecule has 0 saturated heterocycles. The summed E-state index contributed by atoms with van der Waals surface area (Å²) in [6.07, 6.45) is 7.07. The van der Waals surface area contributed by atoms with Crippen LogP contribution in [-0.2, 0) is 0 Å². The van der Waals surface area contributed by atoms with E-state index in [1.807, 2.05) is 0 Å². The van der Waals surface area contributed by atoms with E-state index in [2.05, 4.69) is 49.0 Å². The van der Waals surface area contributed by atoms with Crippen molar-refractivity contribution in [1.82, 2.24) is 0 Å². The first-order valence-corrected chi connectivity index (χ1v) is 10.9. The molecule has 0 saturated carbocycles. The van der Waals surface area contributed by atoms with E-state index in [1.54, 1.807) is 0 Å². The van der Waals surface area contributed by atoms with Gasteiger partial charge in [-0.25, -0.2) is 0 Å². The van der Waals surface area contributed by atoms with Crippen LogP contribution in [0.25, 0.3) is 0 Å². The normalized spacial score (nSPS) is 12.6. The van der Waals surface area contributed by atoms with Crippen LogP contribution in [-0.4, -0.2) is 25.7 Å². The molecule has 0 atom stereocenters. The molecule has 0 aromatic rings. The molecule has 1 nitrogen and oxygen atoms in total. The number of hydrogen-bond donors (Lipinski definition) is 0. The number of unbranched alkanes of at least 4 members (excludes halogenated alkanes) is 2. The molecule has 0 radical (unpaired) electrons. The maximum atomic E-state index is 4.41. The van der Waals surface area contributed by atoms with Gasteiger partial charge in [-0.05, 0) is 31.2 Å². The fourth-order valence-electron chi connectivity index (χ4n) is 1.01. The van der Waals surface area contributed by atoms with Gasteiger partial charge in [-0.2, -0.15) is 11.2 Å². The zero-order valence-electron chi connectivity index (χ0n) is 10.2. The van der Waals surface area contributed by atoms with Crippen LogP contribution < -0.4 is 0 Å². The standard InChI is InChI=1S/C11H25NSSi/c1-5-6-7-9-12-10-8-11-13-14(2,3)4/h9H,5-8,10-11H2,1-4H3/b12-9+. The lowest BCUT2D eigenvalue weighted by Gasteiger charge is -2.13. The van der Waals surface area contributed by atoms with Crippen LogP contribution in [0.4, 0.5) is 0 Å². The van der Waals surface area contributed by atoms with E-state index in [0.29, 0.717) is 0 Å². The third-order valence-corrected chi connectivity index (χ3v) is 6.35. The number of aliphatic imine (C=N–C) groups is 1. The average Bonchev–Trinajstić information content (AvgIpc) is 2.08. The van der Waals surface area contributed by atoms with Crippen molar-refractivity contribution in [2.75, 3.05) is 12.3 Å². The van der Waals surface area contributed by atoms with Gasteiger partial charge in [0.1, 0.15) is 7.22 Å². The van der Waals surface area contributed by atoms with E-state index in [9.17, 15) is 0 Å². The molecule has 0 amide bonds. The Morgan fingerprint density at radius 2 is 1.93 bits per heavy atom. The molecule has 0 spiro atoms. The number of nitrogens with zero attached hydrogens (tertiary/aromatic N) is 1. The molecule has 0 unspecified atom stereocenters. The molecule has 0 N–H and O–H groups in total. The van der Waals surface area contributed by atoms with Crippen LogP contribution in [0.5, 0.6) is 0 Å². The van der Waals surface area contributed by atoms with Crippen molar-refractivity contribution in [3.05, 3.63) is 0 Å². The first-order chi connectivity index (χ1) is 6.56. The van der Waals surface area contributed by atoms with Gasteiger partial charge in [0.05, 0.1) is 0 Å². The summed E-state index contributed by atoms with van der Waals surface area (Å²) in [6, 6.07) is 0. The van der Waals surface area contributed by atoms with Gasteiger partial charge in [-0.3, -0.25) is 4.99 Å². The molecule has 0 aromatic carbocycles. The van der Waals surface area contributed by atoms with Crippen LogP contribution >= 0.6 is 11.2 Å². The molecule has 0 aliphatic rings. The first kappa shape index (κ1) is 14.2.